The van der Waals surface area contributed by atoms with Crippen LogP contribution in [0.5, 0.6) is 0 Å². The number of hydrogen-bond acceptors (Lipinski definition) is 3. The Morgan fingerprint density at radius 3 is 1.52 bits per heavy atom. The van der Waals surface area contributed by atoms with Crippen molar-refractivity contribution in [3.05, 3.63) is 216 Å². The molecule has 0 saturated carbocycles. The highest BCUT2D eigenvalue weighted by molar-refractivity contribution is 7.85. The van der Waals surface area contributed by atoms with Gasteiger partial charge in [-0.05, 0) is 94.0 Å². The van der Waals surface area contributed by atoms with Gasteiger partial charge < -0.3 is 13.9 Å². The van der Waals surface area contributed by atoms with Crippen LogP contribution in [0.15, 0.2) is 199 Å². The fraction of sp³-hybridized carbons (Fsp3) is 0.111. The highest BCUT2D eigenvalue weighted by Crippen LogP contribution is 2.53. The number of nitrogens with zero attached hydrogens (tertiary/aromatic N) is 1. The van der Waals surface area contributed by atoms with E-state index in [1.807, 2.05) is 78.9 Å². The van der Waals surface area contributed by atoms with E-state index < -0.39 is 7.14 Å². The van der Waals surface area contributed by atoms with Gasteiger partial charge in [-0.1, -0.05) is 161 Å². The molecule has 0 bridgehead atoms. The number of anilines is 3. The van der Waals surface area contributed by atoms with Crippen LogP contribution in [0.25, 0.3) is 33.1 Å². The summed E-state index contributed by atoms with van der Waals surface area (Å²) in [5.41, 5.74) is 11.6. The Bertz CT molecular complexity index is 2940. The first-order valence-corrected chi connectivity index (χ1v) is 21.7. The lowest BCUT2D eigenvalue weighted by molar-refractivity contribution is 0.521. The molecule has 0 atom stereocenters. The highest BCUT2D eigenvalue weighted by atomic mass is 31.2. The summed E-state index contributed by atoms with van der Waals surface area (Å²) in [5.74, 6) is 0. The van der Waals surface area contributed by atoms with Crippen LogP contribution in [0, 0.1) is 0 Å². The minimum Gasteiger partial charge on any atom is -0.455 e. The van der Waals surface area contributed by atoms with Crippen molar-refractivity contribution < 1.29 is 8.98 Å². The average Bonchev–Trinajstić information content (AvgIpc) is 3.65. The first-order valence-electron chi connectivity index (χ1n) is 20.0. The minimum atomic E-state index is -3.39. The number of furan rings is 1. The van der Waals surface area contributed by atoms with E-state index in [4.69, 9.17) is 4.42 Å². The summed E-state index contributed by atoms with van der Waals surface area (Å²) in [6.07, 6.45) is 0. The van der Waals surface area contributed by atoms with Crippen molar-refractivity contribution in [3.8, 4) is 11.1 Å². The molecule has 0 radical (unpaired) electrons. The number of hydrogen-bond donors (Lipinski definition) is 0. The van der Waals surface area contributed by atoms with Gasteiger partial charge in [0.2, 0.25) is 0 Å². The van der Waals surface area contributed by atoms with Gasteiger partial charge in [-0.15, -0.1) is 0 Å². The fourth-order valence-corrected chi connectivity index (χ4v) is 12.1. The van der Waals surface area contributed by atoms with Crippen LogP contribution < -0.4 is 20.8 Å². The summed E-state index contributed by atoms with van der Waals surface area (Å²) in [7, 11) is -3.39. The van der Waals surface area contributed by atoms with Crippen LogP contribution in [-0.2, 0) is 15.4 Å². The molecule has 0 spiro atoms. The summed E-state index contributed by atoms with van der Waals surface area (Å²) in [6, 6.07) is 67.5. The van der Waals surface area contributed by atoms with Gasteiger partial charge in [0.15, 0.2) is 7.14 Å². The van der Waals surface area contributed by atoms with E-state index in [2.05, 4.69) is 148 Å². The van der Waals surface area contributed by atoms with Gasteiger partial charge in [0.05, 0.1) is 5.30 Å². The summed E-state index contributed by atoms with van der Waals surface area (Å²) in [6.45, 7) is 9.42. The van der Waals surface area contributed by atoms with Crippen molar-refractivity contribution in [1.29, 1.82) is 0 Å². The van der Waals surface area contributed by atoms with Crippen molar-refractivity contribution in [2.45, 2.75) is 38.5 Å². The fourth-order valence-electron chi connectivity index (χ4n) is 9.32. The summed E-state index contributed by atoms with van der Waals surface area (Å²) < 4.78 is 22.7. The molecule has 282 valence electrons. The van der Waals surface area contributed by atoms with Gasteiger partial charge in [-0.2, -0.15) is 0 Å². The summed E-state index contributed by atoms with van der Waals surface area (Å²) in [4.78, 5) is 2.35. The number of benzene rings is 8. The molecule has 0 unspecified atom stereocenters. The van der Waals surface area contributed by atoms with Crippen LogP contribution in [0.1, 0.15) is 49.9 Å². The topological polar surface area (TPSA) is 33.5 Å². The van der Waals surface area contributed by atoms with E-state index in [0.717, 1.165) is 55.2 Å². The zero-order valence-electron chi connectivity index (χ0n) is 33.2. The molecule has 9 aromatic rings. The third kappa shape index (κ3) is 5.60. The van der Waals surface area contributed by atoms with Crippen LogP contribution in [0.2, 0.25) is 0 Å². The van der Waals surface area contributed by atoms with Crippen molar-refractivity contribution in [3.63, 3.8) is 0 Å². The second-order valence-electron chi connectivity index (χ2n) is 16.5. The lowest BCUT2D eigenvalue weighted by Gasteiger charge is -2.44. The molecule has 0 amide bonds. The maximum atomic E-state index is 16.0. The molecule has 0 aliphatic heterocycles. The van der Waals surface area contributed by atoms with Crippen molar-refractivity contribution in [2.24, 2.45) is 0 Å². The summed E-state index contributed by atoms with van der Waals surface area (Å²) in [5, 5.41) is 4.25. The Balaban J connectivity index is 1.16. The summed E-state index contributed by atoms with van der Waals surface area (Å²) >= 11 is 0. The zero-order valence-corrected chi connectivity index (χ0v) is 34.1. The molecule has 0 saturated heterocycles. The minimum absolute atomic E-state index is 0.278. The van der Waals surface area contributed by atoms with Gasteiger partial charge in [0.1, 0.15) is 11.2 Å². The first kappa shape index (κ1) is 36.0. The van der Waals surface area contributed by atoms with Crippen molar-refractivity contribution in [1.82, 2.24) is 0 Å². The van der Waals surface area contributed by atoms with Gasteiger partial charge >= 0.3 is 0 Å². The molecule has 0 fully saturated rings. The molecule has 3 nitrogen and oxygen atoms in total. The highest BCUT2D eigenvalue weighted by Gasteiger charge is 2.42. The molecule has 0 N–H and O–H groups in total. The Morgan fingerprint density at radius 2 is 0.931 bits per heavy atom. The van der Waals surface area contributed by atoms with Crippen LogP contribution >= 0.6 is 7.14 Å². The van der Waals surface area contributed by atoms with E-state index in [9.17, 15) is 0 Å². The SMILES string of the molecule is CC1(C)c2ccc(N(c3ccccc3)c3ccccc3)cc2C(C)(C)c2ccc(-c3cc(P(=O)(c4ccccc4)c4ccccc4)c4oc5ccccc5c4c3)cc21. The second-order valence-corrected chi connectivity index (χ2v) is 19.2. The van der Waals surface area contributed by atoms with Crippen molar-refractivity contribution >= 4 is 62.1 Å². The normalized spacial score (nSPS) is 14.2. The molecule has 4 heteroatoms. The van der Waals surface area contributed by atoms with Gasteiger partial charge in [-0.3, -0.25) is 0 Å². The van der Waals surface area contributed by atoms with Gasteiger partial charge in [-0.25, -0.2) is 0 Å². The molecular formula is C54H44NO2P. The molecule has 58 heavy (non-hydrogen) atoms. The quantitative estimate of drug-likeness (QED) is 0.151. The number of rotatable bonds is 7. The largest absolute Gasteiger partial charge is 0.455 e. The Kier molecular flexibility index (Phi) is 8.44. The second kappa shape index (κ2) is 13.6. The van der Waals surface area contributed by atoms with E-state index in [0.29, 0.717) is 10.9 Å². The Morgan fingerprint density at radius 1 is 0.431 bits per heavy atom. The molecule has 10 rings (SSSR count). The van der Waals surface area contributed by atoms with Gasteiger partial charge in [0, 0.05) is 49.3 Å². The zero-order chi connectivity index (χ0) is 39.6. The number of para-hydroxylation sites is 3. The molecule has 1 aliphatic rings. The Labute approximate surface area is 340 Å². The van der Waals surface area contributed by atoms with E-state index in [1.165, 1.54) is 22.3 Å². The van der Waals surface area contributed by atoms with Crippen LogP contribution in [0.4, 0.5) is 17.1 Å². The third-order valence-corrected chi connectivity index (χ3v) is 15.4. The molecular weight excluding hydrogens is 726 g/mol. The van der Waals surface area contributed by atoms with E-state index in [-0.39, 0.29) is 10.8 Å². The maximum Gasteiger partial charge on any atom is 0.174 e. The predicted molar refractivity (Wildman–Crippen MR) is 244 cm³/mol. The Hall–Kier alpha value is -6.41. The average molecular weight is 770 g/mol. The van der Waals surface area contributed by atoms with Crippen molar-refractivity contribution in [2.75, 3.05) is 4.90 Å². The third-order valence-electron chi connectivity index (χ3n) is 12.4. The van der Waals surface area contributed by atoms with E-state index >= 15 is 4.57 Å². The van der Waals surface area contributed by atoms with Crippen LogP contribution in [-0.4, -0.2) is 0 Å². The maximum absolute atomic E-state index is 16.0. The molecule has 8 aromatic carbocycles. The molecule has 1 heterocycles. The van der Waals surface area contributed by atoms with Crippen LogP contribution in [0.3, 0.4) is 0 Å². The monoisotopic (exact) mass is 769 g/mol. The predicted octanol–water partition coefficient (Wildman–Crippen LogP) is 13.3. The van der Waals surface area contributed by atoms with Gasteiger partial charge in [0.25, 0.3) is 0 Å². The smallest absolute Gasteiger partial charge is 0.174 e. The van der Waals surface area contributed by atoms with E-state index in [1.54, 1.807) is 0 Å². The lowest BCUT2D eigenvalue weighted by atomic mass is 9.59. The molecule has 1 aromatic heterocycles. The first-order chi connectivity index (χ1) is 28.2. The lowest BCUT2D eigenvalue weighted by Crippen LogP contribution is -2.36. The number of fused-ring (bicyclic) bond motifs is 5. The molecule has 1 aliphatic carbocycles. The standard InChI is InChI=1S/C54H44NO2P/c1-53(2)47-32-30-41(55(39-19-9-5-10-20-39)40-21-11-6-12-22-40)36-49(47)54(3,4)46-31-29-37(34-48(46)53)38-33-45-44-27-17-18-28-50(44)57-52(45)51(35-38)58(56,42-23-13-7-14-24-42)43-25-15-8-16-26-43/h5-36H,1-4H3.